The normalized spacial score (nSPS) is 9.00. The average Bonchev–Trinajstić information content (AvgIpc) is 0.722. The minimum atomic E-state index is -0.944. The third-order valence-corrected chi connectivity index (χ3v) is 0. The molecule has 0 bridgehead atoms. The van der Waals surface area contributed by atoms with E-state index in [9.17, 15) is 0 Å². The smallest absolute Gasteiger partial charge is 0.0894 e. The standard InChI is InChI=1S/CH3Cl3Si.Ca.H2O.2H/c2-1(3,4)5;;;;/h5H3;;1H2;;. The summed E-state index contributed by atoms with van der Waals surface area (Å²) in [4.78, 5) is 0. The SMILES string of the molecule is O.[CaH2].[SiH3]C(Cl)(Cl)Cl. The molecule has 0 unspecified atom stereocenters. The van der Waals surface area contributed by atoms with Gasteiger partial charge in [-0.3, -0.25) is 0 Å². The van der Waals surface area contributed by atoms with Crippen LogP contribution in [0.4, 0.5) is 0 Å². The van der Waals surface area contributed by atoms with Crippen LogP contribution < -0.4 is 0 Å². The molecular weight excluding hydrogens is 203 g/mol. The molecule has 0 rings (SSSR count). The summed E-state index contributed by atoms with van der Waals surface area (Å²) in [7, 11) is 0.604. The Labute approximate surface area is 90.4 Å². The van der Waals surface area contributed by atoms with Gasteiger partial charge in [-0.2, -0.15) is 0 Å². The van der Waals surface area contributed by atoms with Crippen molar-refractivity contribution in [3.8, 4) is 0 Å². The fraction of sp³-hybridized carbons (Fsp3) is 1.00. The first-order valence-electron chi connectivity index (χ1n) is 1.07. The van der Waals surface area contributed by atoms with Gasteiger partial charge in [-0.25, -0.2) is 0 Å². The maximum absolute atomic E-state index is 5.12. The molecule has 0 saturated heterocycles. The van der Waals surface area contributed by atoms with Crippen LogP contribution in [0.2, 0.25) is 0 Å². The molecule has 2 N–H and O–H groups in total. The van der Waals surface area contributed by atoms with Gasteiger partial charge in [0.2, 0.25) is 0 Å². The molecule has 0 aromatic carbocycles. The quantitative estimate of drug-likeness (QED) is 0.360. The van der Waals surface area contributed by atoms with E-state index >= 15 is 0 Å². The maximum Gasteiger partial charge on any atom is 0.166 e. The van der Waals surface area contributed by atoms with Crippen LogP contribution in [0, 0.1) is 0 Å². The van der Waals surface area contributed by atoms with E-state index in [0.29, 0.717) is 10.2 Å². The van der Waals surface area contributed by atoms with E-state index in [-0.39, 0.29) is 43.2 Å². The summed E-state index contributed by atoms with van der Waals surface area (Å²) < 4.78 is -0.944. The van der Waals surface area contributed by atoms with Crippen molar-refractivity contribution in [1.82, 2.24) is 0 Å². The molecule has 0 aliphatic carbocycles. The Kier molecular flexibility index (Phi) is 14.8. The second kappa shape index (κ2) is 6.43. The van der Waals surface area contributed by atoms with Crippen molar-refractivity contribution in [3.05, 3.63) is 0 Å². The predicted octanol–water partition coefficient (Wildman–Crippen LogP) is -1.06. The maximum atomic E-state index is 5.12. The molecular formula is CH7CaCl3OSi. The molecule has 0 spiro atoms. The molecule has 0 radical (unpaired) electrons. The van der Waals surface area contributed by atoms with Gasteiger partial charge in [0.25, 0.3) is 0 Å². The van der Waals surface area contributed by atoms with Crippen LogP contribution in [0.1, 0.15) is 0 Å². The van der Waals surface area contributed by atoms with Crippen molar-refractivity contribution >= 4 is 82.8 Å². The molecule has 7 heavy (non-hydrogen) atoms. The first kappa shape index (κ1) is 16.1. The Morgan fingerprint density at radius 2 is 1.14 bits per heavy atom. The molecule has 0 aliphatic rings. The van der Waals surface area contributed by atoms with E-state index in [1.165, 1.54) is 0 Å². The van der Waals surface area contributed by atoms with Crippen LogP contribution in [-0.2, 0) is 0 Å². The fourth-order valence-electron chi connectivity index (χ4n) is 0. The zero-order chi connectivity index (χ0) is 4.50. The predicted molar refractivity (Wildman–Crippen MR) is 42.4 cm³/mol. The van der Waals surface area contributed by atoms with Crippen molar-refractivity contribution in [2.75, 3.05) is 0 Å². The minimum absolute atomic E-state index is 0. The molecule has 0 amide bonds. The van der Waals surface area contributed by atoms with Crippen LogP contribution in [0.25, 0.3) is 0 Å². The fourth-order valence-corrected chi connectivity index (χ4v) is 0. The van der Waals surface area contributed by atoms with Gasteiger partial charge in [-0.1, -0.05) is 34.8 Å². The summed E-state index contributed by atoms with van der Waals surface area (Å²) >= 11 is 15.4. The van der Waals surface area contributed by atoms with Gasteiger partial charge in [-0.05, 0) is 0 Å². The van der Waals surface area contributed by atoms with Crippen LogP contribution >= 0.6 is 34.8 Å². The van der Waals surface area contributed by atoms with Gasteiger partial charge >= 0.3 is 37.7 Å². The van der Waals surface area contributed by atoms with E-state index in [0.717, 1.165) is 0 Å². The summed E-state index contributed by atoms with van der Waals surface area (Å²) in [5.41, 5.74) is 0. The number of halogens is 3. The van der Waals surface area contributed by atoms with Gasteiger partial charge in [0.15, 0.2) is 3.42 Å². The molecule has 6 heteroatoms. The molecule has 0 aromatic rings. The largest absolute Gasteiger partial charge is 0.166 e. The van der Waals surface area contributed by atoms with E-state index in [1.54, 1.807) is 0 Å². The second-order valence-electron chi connectivity index (χ2n) is 0.781. The van der Waals surface area contributed by atoms with Crippen molar-refractivity contribution in [3.63, 3.8) is 0 Å². The topological polar surface area (TPSA) is 31.5 Å². The first-order chi connectivity index (χ1) is 2.00. The first-order valence-corrected chi connectivity index (χ1v) is 3.20. The Morgan fingerprint density at radius 3 is 1.14 bits per heavy atom. The zero-order valence-electron chi connectivity index (χ0n) is 3.13. The Balaban J connectivity index is -0.0000000800. The molecule has 0 heterocycles. The summed E-state index contributed by atoms with van der Waals surface area (Å²) in [6.45, 7) is 0. The molecule has 0 fully saturated rings. The van der Waals surface area contributed by atoms with Gasteiger partial charge in [0, 0.05) is 0 Å². The number of rotatable bonds is 0. The molecule has 0 aromatic heterocycles. The molecule has 0 atom stereocenters. The van der Waals surface area contributed by atoms with Gasteiger partial charge in [0.1, 0.15) is 0 Å². The van der Waals surface area contributed by atoms with Crippen LogP contribution in [0.15, 0.2) is 0 Å². The van der Waals surface area contributed by atoms with E-state index < -0.39 is 3.42 Å². The summed E-state index contributed by atoms with van der Waals surface area (Å²) in [6, 6.07) is 0. The Bertz CT molecular complexity index is 30.4. The summed E-state index contributed by atoms with van der Waals surface area (Å²) in [5, 5.41) is 0. The van der Waals surface area contributed by atoms with Crippen LogP contribution in [0.3, 0.4) is 0 Å². The number of hydrogen-bond acceptors (Lipinski definition) is 0. The van der Waals surface area contributed by atoms with Crippen LogP contribution in [-0.4, -0.2) is 56.9 Å². The van der Waals surface area contributed by atoms with Gasteiger partial charge in [-0.15, -0.1) is 0 Å². The van der Waals surface area contributed by atoms with Crippen molar-refractivity contribution in [1.29, 1.82) is 0 Å². The number of alkyl halides is 3. The second-order valence-corrected chi connectivity index (χ2v) is 7.03. The average molecular weight is 210 g/mol. The van der Waals surface area contributed by atoms with E-state index in [1.807, 2.05) is 0 Å². The van der Waals surface area contributed by atoms with Crippen molar-refractivity contribution in [2.24, 2.45) is 0 Å². The minimum Gasteiger partial charge on any atom is -0.0894 e. The zero-order valence-corrected chi connectivity index (χ0v) is 7.40. The third-order valence-electron chi connectivity index (χ3n) is 0. The Morgan fingerprint density at radius 1 is 1.14 bits per heavy atom. The van der Waals surface area contributed by atoms with E-state index in [4.69, 9.17) is 34.8 Å². The van der Waals surface area contributed by atoms with Crippen molar-refractivity contribution in [2.45, 2.75) is 3.42 Å². The Hall–Kier alpha value is 2.31. The monoisotopic (exact) mass is 208 g/mol. The van der Waals surface area contributed by atoms with Gasteiger partial charge < -0.3 is 5.48 Å². The number of hydrogen-bond donors (Lipinski definition) is 0. The molecule has 44 valence electrons. The molecule has 1 nitrogen and oxygen atoms in total. The van der Waals surface area contributed by atoms with Gasteiger partial charge in [0.05, 0.1) is 10.2 Å². The van der Waals surface area contributed by atoms with Crippen LogP contribution in [0.5, 0.6) is 0 Å². The molecule has 0 aliphatic heterocycles. The summed E-state index contributed by atoms with van der Waals surface area (Å²) in [5.74, 6) is 0. The van der Waals surface area contributed by atoms with Crippen molar-refractivity contribution < 1.29 is 5.48 Å². The van der Waals surface area contributed by atoms with E-state index in [2.05, 4.69) is 0 Å². The summed E-state index contributed by atoms with van der Waals surface area (Å²) in [6.07, 6.45) is 0. The molecule has 0 saturated carbocycles. The third kappa shape index (κ3) is 62.1.